The van der Waals surface area contributed by atoms with Gasteiger partial charge in [-0.05, 0) is 47.9 Å². The van der Waals surface area contributed by atoms with Gasteiger partial charge in [-0.15, -0.1) is 0 Å². The molecule has 30 heavy (non-hydrogen) atoms. The molecule has 3 aromatic carbocycles. The normalized spacial score (nSPS) is 12.0. The SMILES string of the molecule is COc1ccc(C(=O)Nc2cc(S(=O)(=O)O)cc3cc(S(=O)(=O)O)cc(O)c23)cc1. The Balaban J connectivity index is 2.19. The number of hydrogen-bond donors (Lipinski definition) is 4. The second-order valence-electron chi connectivity index (χ2n) is 6.14. The predicted molar refractivity (Wildman–Crippen MR) is 106 cm³/mol. The van der Waals surface area contributed by atoms with E-state index in [-0.39, 0.29) is 22.0 Å². The van der Waals surface area contributed by atoms with E-state index in [1.807, 2.05) is 0 Å². The van der Waals surface area contributed by atoms with Crippen molar-refractivity contribution < 1.29 is 40.6 Å². The van der Waals surface area contributed by atoms with Crippen LogP contribution in [0.5, 0.6) is 11.5 Å². The molecule has 0 aliphatic carbocycles. The predicted octanol–water partition coefficient (Wildman–Crippen LogP) is 2.30. The van der Waals surface area contributed by atoms with Gasteiger partial charge in [-0.25, -0.2) is 0 Å². The molecule has 0 bridgehead atoms. The second kappa shape index (κ2) is 7.57. The van der Waals surface area contributed by atoms with E-state index >= 15 is 0 Å². The summed E-state index contributed by atoms with van der Waals surface area (Å²) in [5.41, 5.74) is -0.0319. The maximum absolute atomic E-state index is 12.6. The number of benzene rings is 3. The van der Waals surface area contributed by atoms with E-state index < -0.39 is 41.7 Å². The number of hydrogen-bond acceptors (Lipinski definition) is 7. The minimum absolute atomic E-state index is 0.100. The van der Waals surface area contributed by atoms with Crippen molar-refractivity contribution in [2.75, 3.05) is 12.4 Å². The smallest absolute Gasteiger partial charge is 0.294 e. The Morgan fingerprint density at radius 2 is 1.43 bits per heavy atom. The Morgan fingerprint density at radius 3 is 1.93 bits per heavy atom. The van der Waals surface area contributed by atoms with E-state index in [0.29, 0.717) is 5.75 Å². The second-order valence-corrected chi connectivity index (χ2v) is 8.99. The number of methoxy groups -OCH3 is 1. The maximum Gasteiger partial charge on any atom is 0.294 e. The van der Waals surface area contributed by atoms with E-state index in [1.165, 1.54) is 31.4 Å². The summed E-state index contributed by atoms with van der Waals surface area (Å²) in [5.74, 6) is -0.822. The van der Waals surface area contributed by atoms with Gasteiger partial charge < -0.3 is 15.2 Å². The van der Waals surface area contributed by atoms with Gasteiger partial charge in [0, 0.05) is 17.0 Å². The molecular formula is C18H15NO9S2. The largest absolute Gasteiger partial charge is 0.507 e. The summed E-state index contributed by atoms with van der Waals surface area (Å²) in [7, 11) is -8.02. The standard InChI is InChI=1S/C18H15NO9S2/c1-28-12-4-2-10(3-5-12)18(21)19-15-8-13(29(22,23)24)6-11-7-14(30(25,26)27)9-16(20)17(11)15/h2-9,20H,1H3,(H,19,21)(H,22,23,24)(H,25,26,27). The van der Waals surface area contributed by atoms with Crippen LogP contribution in [0.3, 0.4) is 0 Å². The zero-order valence-corrected chi connectivity index (χ0v) is 16.9. The van der Waals surface area contributed by atoms with Crippen molar-refractivity contribution in [3.05, 3.63) is 54.1 Å². The van der Waals surface area contributed by atoms with Crippen molar-refractivity contribution in [3.8, 4) is 11.5 Å². The van der Waals surface area contributed by atoms with Crippen LogP contribution < -0.4 is 10.1 Å². The molecule has 0 atom stereocenters. The molecule has 0 aliphatic heterocycles. The van der Waals surface area contributed by atoms with Gasteiger partial charge in [0.15, 0.2) is 0 Å². The molecule has 0 saturated carbocycles. The van der Waals surface area contributed by atoms with E-state index in [4.69, 9.17) is 4.74 Å². The molecule has 0 saturated heterocycles. The number of aromatic hydroxyl groups is 1. The van der Waals surface area contributed by atoms with Crippen LogP contribution >= 0.6 is 0 Å². The van der Waals surface area contributed by atoms with E-state index in [1.54, 1.807) is 0 Å². The Bertz CT molecular complexity index is 1360. The van der Waals surface area contributed by atoms with Crippen LogP contribution in [0.2, 0.25) is 0 Å². The summed E-state index contributed by atoms with van der Waals surface area (Å²) >= 11 is 0. The number of phenols is 1. The highest BCUT2D eigenvalue weighted by molar-refractivity contribution is 7.86. The highest BCUT2D eigenvalue weighted by atomic mass is 32.2. The molecule has 10 nitrogen and oxygen atoms in total. The lowest BCUT2D eigenvalue weighted by molar-refractivity contribution is 0.102. The molecular weight excluding hydrogens is 438 g/mol. The third-order valence-corrected chi connectivity index (χ3v) is 5.83. The Kier molecular flexibility index (Phi) is 5.43. The fourth-order valence-electron chi connectivity index (χ4n) is 2.77. The number of phenolic OH excluding ortho intramolecular Hbond substituents is 1. The molecule has 4 N–H and O–H groups in total. The first-order valence-corrected chi connectivity index (χ1v) is 11.0. The summed E-state index contributed by atoms with van der Waals surface area (Å²) in [6.07, 6.45) is 0. The van der Waals surface area contributed by atoms with Crippen LogP contribution in [0, 0.1) is 0 Å². The molecule has 0 radical (unpaired) electrons. The number of carbonyl (C=O) groups excluding carboxylic acids is 1. The van der Waals surface area contributed by atoms with Crippen molar-refractivity contribution in [3.63, 3.8) is 0 Å². The highest BCUT2D eigenvalue weighted by Gasteiger charge is 2.21. The number of carbonyl (C=O) groups is 1. The Labute approximate surface area is 171 Å². The molecule has 0 fully saturated rings. The Morgan fingerprint density at radius 1 is 0.900 bits per heavy atom. The van der Waals surface area contributed by atoms with Crippen LogP contribution in [-0.4, -0.2) is 44.1 Å². The van der Waals surface area contributed by atoms with Crippen LogP contribution in [0.25, 0.3) is 10.8 Å². The average Bonchev–Trinajstić information content (AvgIpc) is 2.66. The lowest BCUT2D eigenvalue weighted by Crippen LogP contribution is -2.13. The van der Waals surface area contributed by atoms with Gasteiger partial charge in [0.05, 0.1) is 22.6 Å². The summed E-state index contributed by atoms with van der Waals surface area (Å²) in [6, 6.07) is 9.37. The first-order chi connectivity index (χ1) is 13.9. The molecule has 3 aromatic rings. The number of anilines is 1. The summed E-state index contributed by atoms with van der Waals surface area (Å²) < 4.78 is 69.7. The van der Waals surface area contributed by atoms with Crippen molar-refractivity contribution in [1.82, 2.24) is 0 Å². The van der Waals surface area contributed by atoms with Gasteiger partial charge in [-0.1, -0.05) is 0 Å². The number of ether oxygens (including phenoxy) is 1. The van der Waals surface area contributed by atoms with Gasteiger partial charge in [0.25, 0.3) is 26.1 Å². The molecule has 1 amide bonds. The van der Waals surface area contributed by atoms with Gasteiger partial charge >= 0.3 is 0 Å². The van der Waals surface area contributed by atoms with Crippen molar-refractivity contribution >= 4 is 42.6 Å². The van der Waals surface area contributed by atoms with Crippen LogP contribution in [0.1, 0.15) is 10.4 Å². The van der Waals surface area contributed by atoms with E-state index in [0.717, 1.165) is 24.3 Å². The molecule has 0 heterocycles. The van der Waals surface area contributed by atoms with Gasteiger partial charge in [-0.3, -0.25) is 13.9 Å². The van der Waals surface area contributed by atoms with Crippen molar-refractivity contribution in [1.29, 1.82) is 0 Å². The monoisotopic (exact) mass is 453 g/mol. The third kappa shape index (κ3) is 4.36. The third-order valence-electron chi connectivity index (χ3n) is 4.17. The van der Waals surface area contributed by atoms with Gasteiger partial charge in [0.2, 0.25) is 0 Å². The van der Waals surface area contributed by atoms with E-state index in [9.17, 15) is 35.8 Å². The summed E-state index contributed by atoms with van der Waals surface area (Å²) in [4.78, 5) is 11.2. The summed E-state index contributed by atoms with van der Waals surface area (Å²) in [6.45, 7) is 0. The molecule has 12 heteroatoms. The molecule has 0 aromatic heterocycles. The lowest BCUT2D eigenvalue weighted by Gasteiger charge is -2.13. The van der Waals surface area contributed by atoms with Crippen molar-refractivity contribution in [2.24, 2.45) is 0 Å². The van der Waals surface area contributed by atoms with Gasteiger partial charge in [0.1, 0.15) is 11.5 Å². The number of fused-ring (bicyclic) bond motifs is 1. The van der Waals surface area contributed by atoms with E-state index in [2.05, 4.69) is 5.32 Å². The molecule has 0 aliphatic rings. The minimum Gasteiger partial charge on any atom is -0.507 e. The van der Waals surface area contributed by atoms with Crippen LogP contribution in [-0.2, 0) is 20.2 Å². The topological polar surface area (TPSA) is 167 Å². The zero-order chi connectivity index (χ0) is 22.3. The molecule has 158 valence electrons. The fourth-order valence-corrected chi connectivity index (χ4v) is 3.85. The van der Waals surface area contributed by atoms with Crippen LogP contribution in [0.15, 0.2) is 58.3 Å². The Hall–Kier alpha value is -3.19. The molecule has 0 spiro atoms. The number of rotatable bonds is 5. The lowest BCUT2D eigenvalue weighted by atomic mass is 10.1. The minimum atomic E-state index is -4.75. The highest BCUT2D eigenvalue weighted by Crippen LogP contribution is 2.36. The average molecular weight is 453 g/mol. The van der Waals surface area contributed by atoms with Crippen molar-refractivity contribution in [2.45, 2.75) is 9.79 Å². The van der Waals surface area contributed by atoms with Crippen LogP contribution in [0.4, 0.5) is 5.69 Å². The maximum atomic E-state index is 12.6. The number of amides is 1. The summed E-state index contributed by atoms with van der Waals surface area (Å²) in [5, 5.41) is 12.4. The zero-order valence-electron chi connectivity index (χ0n) is 15.2. The number of nitrogens with one attached hydrogen (secondary N) is 1. The molecule has 0 unspecified atom stereocenters. The quantitative estimate of drug-likeness (QED) is 0.424. The fraction of sp³-hybridized carbons (Fsp3) is 0.0556. The first-order valence-electron chi connectivity index (χ1n) is 8.11. The van der Waals surface area contributed by atoms with Gasteiger partial charge in [-0.2, -0.15) is 16.8 Å². The molecule has 3 rings (SSSR count). The first kappa shape index (κ1) is 21.5.